The van der Waals surface area contributed by atoms with E-state index in [1.165, 1.54) is 0 Å². The molecule has 0 radical (unpaired) electrons. The first-order valence-corrected chi connectivity index (χ1v) is 4.60. The Morgan fingerprint density at radius 1 is 1.50 bits per heavy atom. The van der Waals surface area contributed by atoms with E-state index in [0.29, 0.717) is 0 Å². The molecule has 16 heavy (non-hydrogen) atoms. The molecule has 0 amide bonds. The van der Waals surface area contributed by atoms with Gasteiger partial charge >= 0.3 is 37.7 Å². The van der Waals surface area contributed by atoms with Crippen LogP contribution >= 0.6 is 0 Å². The number of ketones is 2. The van der Waals surface area contributed by atoms with Gasteiger partial charge in [-0.1, -0.05) is 19.1 Å². The van der Waals surface area contributed by atoms with E-state index in [1.54, 1.807) is 6.92 Å². The summed E-state index contributed by atoms with van der Waals surface area (Å²) in [5, 5.41) is 21.8. The quantitative estimate of drug-likeness (QED) is 0.410. The van der Waals surface area contributed by atoms with E-state index in [0.717, 1.165) is 6.08 Å². The number of hydrogen-bond acceptors (Lipinski definition) is 5. The molecule has 1 rings (SSSR count). The number of carbonyl (C=O) groups excluding carboxylic acids is 3. The molecule has 0 aromatic heterocycles. The van der Waals surface area contributed by atoms with E-state index in [-0.39, 0.29) is 49.7 Å². The van der Waals surface area contributed by atoms with Crippen molar-refractivity contribution in [2.45, 2.75) is 25.9 Å². The van der Waals surface area contributed by atoms with Crippen LogP contribution in [0.5, 0.6) is 0 Å². The maximum absolute atomic E-state index is 11.4. The van der Waals surface area contributed by atoms with E-state index >= 15 is 0 Å². The number of Topliss-reactive ketones (excluding diaryl/α,β-unsaturated/α-hetero) is 2. The minimum Gasteiger partial charge on any atom is -0.848 e. The van der Waals surface area contributed by atoms with Crippen molar-refractivity contribution in [2.75, 3.05) is 0 Å². The topological polar surface area (TPSA) is 97.3 Å². The molecular weight excluding hydrogens is 240 g/mol. The molecule has 2 unspecified atom stereocenters. The molecule has 0 aromatic carbocycles. The Kier molecular flexibility index (Phi) is 6.40. The molecule has 0 spiro atoms. The van der Waals surface area contributed by atoms with Crippen molar-refractivity contribution in [3.05, 3.63) is 11.6 Å². The summed E-state index contributed by atoms with van der Waals surface area (Å²) in [5.41, 5.74) is -0.319. The van der Waals surface area contributed by atoms with Crippen molar-refractivity contribution in [1.29, 1.82) is 0 Å². The zero-order valence-electron chi connectivity index (χ0n) is 8.89. The van der Waals surface area contributed by atoms with Gasteiger partial charge in [-0.2, -0.15) is 0 Å². The Labute approximate surface area is 123 Å². The summed E-state index contributed by atoms with van der Waals surface area (Å²) in [6.07, 6.45) is -0.984. The van der Waals surface area contributed by atoms with Gasteiger partial charge in [0.25, 0.3) is 0 Å². The summed E-state index contributed by atoms with van der Waals surface area (Å²) >= 11 is 0. The molecule has 2 atom stereocenters. The predicted molar refractivity (Wildman–Crippen MR) is 51.0 cm³/mol. The molecule has 0 bridgehead atoms. The first-order chi connectivity index (χ1) is 6.97. The van der Waals surface area contributed by atoms with E-state index in [9.17, 15) is 24.6 Å². The van der Waals surface area contributed by atoms with E-state index in [1.807, 2.05) is 0 Å². The third-order valence-corrected chi connectivity index (χ3v) is 2.36. The van der Waals surface area contributed by atoms with Crippen molar-refractivity contribution >= 4 is 55.3 Å². The van der Waals surface area contributed by atoms with E-state index in [2.05, 4.69) is 0 Å². The van der Waals surface area contributed by atoms with Crippen LogP contribution < -0.4 is 10.2 Å². The molecule has 0 saturated carbocycles. The van der Waals surface area contributed by atoms with Crippen LogP contribution in [-0.4, -0.2) is 61.4 Å². The first kappa shape index (κ1) is 15.8. The number of carboxylic acids is 1. The van der Waals surface area contributed by atoms with E-state index < -0.39 is 36.0 Å². The molecular formula is C10H10CaO5. The molecule has 1 aliphatic carbocycles. The summed E-state index contributed by atoms with van der Waals surface area (Å²) < 4.78 is 0. The van der Waals surface area contributed by atoms with Gasteiger partial charge in [-0.3, -0.25) is 9.59 Å². The van der Waals surface area contributed by atoms with Gasteiger partial charge in [-0.05, 0) is 5.57 Å². The Morgan fingerprint density at radius 3 is 2.44 bits per heavy atom. The second-order valence-electron chi connectivity index (χ2n) is 3.38. The maximum Gasteiger partial charge on any atom is 2.00 e. The Morgan fingerprint density at radius 2 is 2.06 bits per heavy atom. The summed E-state index contributed by atoms with van der Waals surface area (Å²) in [6, 6.07) is 0. The summed E-state index contributed by atoms with van der Waals surface area (Å²) in [7, 11) is 0. The fourth-order valence-corrected chi connectivity index (χ4v) is 1.56. The standard InChI is InChI=1S/C10H11O5.Ca/c1-2-6(11)9-7(12)3-5(10(14)15)4-8(9)13;/h3,7,9H,2,4H2,1H3,(H,14,15);/q-1;+2/p-1. The van der Waals surface area contributed by atoms with E-state index in [4.69, 9.17) is 0 Å². The number of aliphatic carboxylic acids is 1. The Bertz CT molecular complexity index is 347. The van der Waals surface area contributed by atoms with Crippen molar-refractivity contribution < 1.29 is 24.6 Å². The molecule has 0 N–H and O–H groups in total. The minimum absolute atomic E-state index is 0. The molecule has 82 valence electrons. The van der Waals surface area contributed by atoms with Crippen LogP contribution in [0.4, 0.5) is 0 Å². The predicted octanol–water partition coefficient (Wildman–Crippen LogP) is -2.42. The SMILES string of the molecule is CCC(=O)C1C(=O)CC(C(=O)[O-])=CC1[O-].[Ca+2]. The zero-order chi connectivity index (χ0) is 11.6. The van der Waals surface area contributed by atoms with Crippen molar-refractivity contribution in [1.82, 2.24) is 0 Å². The Balaban J connectivity index is 0.00000225. The van der Waals surface area contributed by atoms with Crippen molar-refractivity contribution in [2.24, 2.45) is 5.92 Å². The van der Waals surface area contributed by atoms with Crippen LogP contribution in [0.3, 0.4) is 0 Å². The summed E-state index contributed by atoms with van der Waals surface area (Å²) in [4.78, 5) is 33.1. The minimum atomic E-state index is -1.59. The molecule has 1 aliphatic rings. The van der Waals surface area contributed by atoms with Crippen LogP contribution in [0.25, 0.3) is 0 Å². The normalized spacial score (nSPS) is 24.4. The van der Waals surface area contributed by atoms with Crippen LogP contribution in [0.15, 0.2) is 11.6 Å². The second-order valence-corrected chi connectivity index (χ2v) is 3.38. The molecule has 0 heterocycles. The number of rotatable bonds is 3. The van der Waals surface area contributed by atoms with Crippen molar-refractivity contribution in [3.63, 3.8) is 0 Å². The van der Waals surface area contributed by atoms with Gasteiger partial charge in [-0.25, -0.2) is 0 Å². The summed E-state index contributed by atoms with van der Waals surface area (Å²) in [6.45, 7) is 1.56. The Hall–Kier alpha value is -0.230. The van der Waals surface area contributed by atoms with Crippen LogP contribution in [0, 0.1) is 5.92 Å². The fraction of sp³-hybridized carbons (Fsp3) is 0.500. The fourth-order valence-electron chi connectivity index (χ4n) is 1.56. The molecule has 6 heteroatoms. The summed E-state index contributed by atoms with van der Waals surface area (Å²) in [5.74, 6) is -3.80. The van der Waals surface area contributed by atoms with Crippen LogP contribution in [0.1, 0.15) is 19.8 Å². The molecule has 0 aliphatic heterocycles. The molecule has 0 aromatic rings. The molecule has 5 nitrogen and oxygen atoms in total. The van der Waals surface area contributed by atoms with Gasteiger partial charge in [0, 0.05) is 12.8 Å². The first-order valence-electron chi connectivity index (χ1n) is 4.60. The third-order valence-electron chi connectivity index (χ3n) is 2.36. The third kappa shape index (κ3) is 3.38. The number of carboxylic acid groups (broad SMARTS) is 1. The molecule has 0 fully saturated rings. The number of carbonyl (C=O) groups is 3. The number of hydrogen-bond donors (Lipinski definition) is 0. The van der Waals surface area contributed by atoms with Gasteiger partial charge in [0.1, 0.15) is 11.6 Å². The second kappa shape index (κ2) is 6.49. The zero-order valence-corrected chi connectivity index (χ0v) is 11.1. The largest absolute Gasteiger partial charge is 2.00 e. The average molecular weight is 250 g/mol. The van der Waals surface area contributed by atoms with Crippen LogP contribution in [-0.2, 0) is 14.4 Å². The maximum atomic E-state index is 11.4. The van der Waals surface area contributed by atoms with Gasteiger partial charge in [0.05, 0.1) is 11.9 Å². The average Bonchev–Trinajstić information content (AvgIpc) is 2.16. The van der Waals surface area contributed by atoms with Gasteiger partial charge < -0.3 is 15.0 Å². The monoisotopic (exact) mass is 250 g/mol. The van der Waals surface area contributed by atoms with Gasteiger partial charge in [0.15, 0.2) is 0 Å². The smallest absolute Gasteiger partial charge is 0.848 e. The van der Waals surface area contributed by atoms with Gasteiger partial charge in [-0.15, -0.1) is 0 Å². The van der Waals surface area contributed by atoms with Crippen LogP contribution in [0.2, 0.25) is 0 Å². The van der Waals surface area contributed by atoms with Gasteiger partial charge in [0.2, 0.25) is 0 Å². The van der Waals surface area contributed by atoms with Crippen molar-refractivity contribution in [3.8, 4) is 0 Å². The molecule has 0 saturated heterocycles.